The normalized spacial score (nSPS) is 19.6. The molecule has 0 saturated heterocycles. The van der Waals surface area contributed by atoms with Crippen LogP contribution < -0.4 is 10.6 Å². The Morgan fingerprint density at radius 2 is 2.08 bits per heavy atom. The molecule has 1 aliphatic carbocycles. The number of halogens is 2. The average Bonchev–Trinajstić information content (AvgIpc) is 2.63. The molecule has 0 amide bonds. The van der Waals surface area contributed by atoms with Crippen molar-refractivity contribution < 1.29 is 9.50 Å². The molecule has 1 fully saturated rings. The molecular formula is C18H19ClFN5O. The van der Waals surface area contributed by atoms with E-state index in [0.29, 0.717) is 22.0 Å². The second-order valence-electron chi connectivity index (χ2n) is 6.27. The first-order valence-electron chi connectivity index (χ1n) is 8.45. The van der Waals surface area contributed by atoms with Gasteiger partial charge < -0.3 is 15.7 Å². The van der Waals surface area contributed by atoms with Gasteiger partial charge in [-0.2, -0.15) is 10.2 Å². The number of nitriles is 1. The number of nitrogens with one attached hydrogen (secondary N) is 2. The summed E-state index contributed by atoms with van der Waals surface area (Å²) in [6.07, 6.45) is 4.24. The van der Waals surface area contributed by atoms with Crippen molar-refractivity contribution >= 4 is 23.4 Å². The highest BCUT2D eigenvalue weighted by atomic mass is 35.5. The maximum atomic E-state index is 13.9. The van der Waals surface area contributed by atoms with Gasteiger partial charge in [0.1, 0.15) is 23.3 Å². The van der Waals surface area contributed by atoms with Crippen LogP contribution in [0.25, 0.3) is 0 Å². The van der Waals surface area contributed by atoms with Crippen LogP contribution in [0.3, 0.4) is 0 Å². The third-order valence-corrected chi connectivity index (χ3v) is 4.79. The first kappa shape index (κ1) is 18.4. The van der Waals surface area contributed by atoms with Crippen molar-refractivity contribution in [1.82, 2.24) is 9.97 Å². The minimum atomic E-state index is -0.405. The molecule has 1 aromatic carbocycles. The number of aliphatic hydroxyl groups is 1. The number of hydrogen-bond acceptors (Lipinski definition) is 6. The van der Waals surface area contributed by atoms with Gasteiger partial charge in [-0.25, -0.2) is 9.37 Å². The summed E-state index contributed by atoms with van der Waals surface area (Å²) in [7, 11) is 0. The van der Waals surface area contributed by atoms with Gasteiger partial charge in [0.15, 0.2) is 0 Å². The second kappa shape index (κ2) is 8.30. The Labute approximate surface area is 156 Å². The zero-order chi connectivity index (χ0) is 18.5. The minimum absolute atomic E-state index is 0.131. The number of anilines is 2. The second-order valence-corrected chi connectivity index (χ2v) is 6.68. The summed E-state index contributed by atoms with van der Waals surface area (Å²) >= 11 is 6.02. The van der Waals surface area contributed by atoms with Crippen LogP contribution in [-0.2, 0) is 6.54 Å². The number of hydrogen-bond donors (Lipinski definition) is 3. The van der Waals surface area contributed by atoms with Crippen molar-refractivity contribution in [3.63, 3.8) is 0 Å². The van der Waals surface area contributed by atoms with E-state index < -0.39 is 5.82 Å². The van der Waals surface area contributed by atoms with Crippen LogP contribution in [0.4, 0.5) is 16.2 Å². The van der Waals surface area contributed by atoms with Crippen molar-refractivity contribution in [3.8, 4) is 6.07 Å². The zero-order valence-electron chi connectivity index (χ0n) is 14.0. The Bertz CT molecular complexity index is 797. The number of aromatic nitrogens is 2. The van der Waals surface area contributed by atoms with Gasteiger partial charge in [0, 0.05) is 23.2 Å². The van der Waals surface area contributed by atoms with Gasteiger partial charge in [0.25, 0.3) is 0 Å². The molecule has 2 aromatic rings. The van der Waals surface area contributed by atoms with Crippen LogP contribution in [0.1, 0.15) is 36.8 Å². The summed E-state index contributed by atoms with van der Waals surface area (Å²) in [4.78, 5) is 8.45. The first-order valence-corrected chi connectivity index (χ1v) is 8.83. The van der Waals surface area contributed by atoms with E-state index in [4.69, 9.17) is 11.6 Å². The van der Waals surface area contributed by atoms with E-state index in [2.05, 4.69) is 26.7 Å². The van der Waals surface area contributed by atoms with Crippen molar-refractivity contribution in [2.45, 2.75) is 44.4 Å². The number of benzene rings is 1. The topological polar surface area (TPSA) is 93.9 Å². The molecule has 1 saturated carbocycles. The van der Waals surface area contributed by atoms with Gasteiger partial charge in [-0.1, -0.05) is 17.7 Å². The lowest BCUT2D eigenvalue weighted by atomic mass is 9.93. The highest BCUT2D eigenvalue weighted by Gasteiger charge is 2.21. The van der Waals surface area contributed by atoms with Crippen LogP contribution in [0.15, 0.2) is 24.4 Å². The summed E-state index contributed by atoms with van der Waals surface area (Å²) in [5.74, 6) is 0.311. The third-order valence-electron chi connectivity index (χ3n) is 4.43. The lowest BCUT2D eigenvalue weighted by Crippen LogP contribution is -2.29. The fraction of sp³-hybridized carbons (Fsp3) is 0.389. The Hall–Kier alpha value is -2.43. The molecule has 1 aliphatic rings. The van der Waals surface area contributed by atoms with E-state index in [1.54, 1.807) is 12.1 Å². The van der Waals surface area contributed by atoms with E-state index in [1.165, 1.54) is 12.3 Å². The molecule has 1 heterocycles. The van der Waals surface area contributed by atoms with E-state index in [-0.39, 0.29) is 24.6 Å². The van der Waals surface area contributed by atoms with Gasteiger partial charge in [-0.3, -0.25) is 0 Å². The van der Waals surface area contributed by atoms with Crippen molar-refractivity contribution in [1.29, 1.82) is 5.26 Å². The summed E-state index contributed by atoms with van der Waals surface area (Å²) in [5.41, 5.74) is 0.670. The molecule has 26 heavy (non-hydrogen) atoms. The van der Waals surface area contributed by atoms with Crippen molar-refractivity contribution in [2.75, 3.05) is 10.6 Å². The molecule has 8 heteroatoms. The first-order chi connectivity index (χ1) is 12.6. The standard InChI is InChI=1S/C18H19ClFN5O/c19-15-2-1-3-16(20)14(15)10-23-18-22-9-11(8-21)17(25-18)24-12-4-6-13(26)7-5-12/h1-3,9,12-13,26H,4-7,10H2,(H2,22,23,24,25)/t12-,13+. The van der Waals surface area contributed by atoms with Gasteiger partial charge >= 0.3 is 0 Å². The number of nitrogens with zero attached hydrogens (tertiary/aromatic N) is 3. The predicted molar refractivity (Wildman–Crippen MR) is 97.4 cm³/mol. The molecule has 3 N–H and O–H groups in total. The van der Waals surface area contributed by atoms with Gasteiger partial charge in [-0.05, 0) is 37.8 Å². The number of aliphatic hydroxyl groups excluding tert-OH is 1. The van der Waals surface area contributed by atoms with Gasteiger partial charge in [-0.15, -0.1) is 0 Å². The SMILES string of the molecule is N#Cc1cnc(NCc2c(F)cccc2Cl)nc1N[C@H]1CC[C@@H](O)CC1. The zero-order valence-corrected chi connectivity index (χ0v) is 14.8. The van der Waals surface area contributed by atoms with E-state index in [1.807, 2.05) is 0 Å². The molecule has 0 unspecified atom stereocenters. The fourth-order valence-corrected chi connectivity index (χ4v) is 3.17. The Balaban J connectivity index is 1.72. The van der Waals surface area contributed by atoms with Gasteiger partial charge in [0.2, 0.25) is 5.95 Å². The van der Waals surface area contributed by atoms with Crippen LogP contribution in [0.2, 0.25) is 5.02 Å². The molecule has 6 nitrogen and oxygen atoms in total. The predicted octanol–water partition coefficient (Wildman–Crippen LogP) is 3.47. The lowest BCUT2D eigenvalue weighted by Gasteiger charge is -2.26. The molecule has 0 spiro atoms. The highest BCUT2D eigenvalue weighted by Crippen LogP contribution is 2.24. The summed E-state index contributed by atoms with van der Waals surface area (Å²) in [6.45, 7) is 0.131. The molecule has 1 aromatic heterocycles. The Kier molecular flexibility index (Phi) is 5.86. The Morgan fingerprint density at radius 1 is 1.31 bits per heavy atom. The monoisotopic (exact) mass is 375 g/mol. The molecule has 136 valence electrons. The van der Waals surface area contributed by atoms with Crippen LogP contribution in [0, 0.1) is 17.1 Å². The summed E-state index contributed by atoms with van der Waals surface area (Å²) in [5, 5.41) is 25.4. The fourth-order valence-electron chi connectivity index (χ4n) is 2.94. The molecule has 0 aliphatic heterocycles. The maximum Gasteiger partial charge on any atom is 0.224 e. The van der Waals surface area contributed by atoms with Crippen molar-refractivity contribution in [3.05, 3.63) is 46.4 Å². The van der Waals surface area contributed by atoms with Crippen LogP contribution in [0.5, 0.6) is 0 Å². The largest absolute Gasteiger partial charge is 0.393 e. The van der Waals surface area contributed by atoms with Gasteiger partial charge in [0.05, 0.1) is 12.3 Å². The maximum absolute atomic E-state index is 13.9. The summed E-state index contributed by atoms with van der Waals surface area (Å²) < 4.78 is 13.9. The molecule has 3 rings (SSSR count). The average molecular weight is 376 g/mol. The number of rotatable bonds is 5. The smallest absolute Gasteiger partial charge is 0.224 e. The molecule has 0 atom stereocenters. The molecule has 0 radical (unpaired) electrons. The molecular weight excluding hydrogens is 357 g/mol. The van der Waals surface area contributed by atoms with Crippen LogP contribution in [-0.4, -0.2) is 27.2 Å². The lowest BCUT2D eigenvalue weighted by molar-refractivity contribution is 0.126. The summed E-state index contributed by atoms with van der Waals surface area (Å²) in [6, 6.07) is 6.72. The minimum Gasteiger partial charge on any atom is -0.393 e. The van der Waals surface area contributed by atoms with E-state index in [0.717, 1.165) is 25.7 Å². The van der Waals surface area contributed by atoms with Crippen molar-refractivity contribution in [2.24, 2.45) is 0 Å². The quantitative estimate of drug-likeness (QED) is 0.740. The highest BCUT2D eigenvalue weighted by molar-refractivity contribution is 6.31. The van der Waals surface area contributed by atoms with E-state index in [9.17, 15) is 14.8 Å². The van der Waals surface area contributed by atoms with Crippen LogP contribution >= 0.6 is 11.6 Å². The third kappa shape index (κ3) is 4.40. The van der Waals surface area contributed by atoms with E-state index >= 15 is 0 Å². The Morgan fingerprint density at radius 3 is 2.77 bits per heavy atom. The molecule has 0 bridgehead atoms.